The van der Waals surface area contributed by atoms with E-state index in [0.717, 1.165) is 73.1 Å². The molecule has 0 unspecified atom stereocenters. The van der Waals surface area contributed by atoms with Crippen molar-refractivity contribution in [2.45, 2.75) is 57.4 Å². The summed E-state index contributed by atoms with van der Waals surface area (Å²) in [5.74, 6) is 3.46. The number of hydrogen-bond donors (Lipinski definition) is 1. The second kappa shape index (κ2) is 9.00. The number of hydrogen-bond acceptors (Lipinski definition) is 5. The molecule has 1 aromatic heterocycles. The number of aromatic nitrogens is 1. The molecule has 32 heavy (non-hydrogen) atoms. The maximum atomic E-state index is 13.4. The number of carbonyl (C=O) groups is 1. The fourth-order valence-corrected chi connectivity index (χ4v) is 5.26. The van der Waals surface area contributed by atoms with Crippen LogP contribution in [-0.4, -0.2) is 37.2 Å². The summed E-state index contributed by atoms with van der Waals surface area (Å²) in [6.07, 6.45) is 8.20. The number of nitrogens with zero attached hydrogens (tertiary/aromatic N) is 2. The van der Waals surface area contributed by atoms with Gasteiger partial charge in [0.2, 0.25) is 5.91 Å². The number of anilines is 1. The fraction of sp³-hybridized carbons (Fsp3) is 0.538. The lowest BCUT2D eigenvalue weighted by Crippen LogP contribution is -2.42. The van der Waals surface area contributed by atoms with Crippen LogP contribution in [0.2, 0.25) is 0 Å². The first-order valence-electron chi connectivity index (χ1n) is 12.0. The molecule has 2 aliphatic heterocycles. The van der Waals surface area contributed by atoms with Crippen LogP contribution in [0.3, 0.4) is 0 Å². The minimum Gasteiger partial charge on any atom is -0.486 e. The highest BCUT2D eigenvalue weighted by atomic mass is 16.6. The van der Waals surface area contributed by atoms with Crippen molar-refractivity contribution >= 4 is 11.7 Å². The molecular weight excluding hydrogens is 402 g/mol. The Kier molecular flexibility index (Phi) is 5.94. The van der Waals surface area contributed by atoms with Gasteiger partial charge in [-0.05, 0) is 60.9 Å². The number of ether oxygens (including phenoxy) is 2. The summed E-state index contributed by atoms with van der Waals surface area (Å²) in [6, 6.07) is 10.2. The SMILES string of the molecule is CC1CCN(c2ccc(CNC(=O)C3(c4ccc5c(c4)OCCO5)CCCC3)cn2)CC1. The van der Waals surface area contributed by atoms with Crippen LogP contribution in [0.1, 0.15) is 56.6 Å². The Bertz CT molecular complexity index is 945. The summed E-state index contributed by atoms with van der Waals surface area (Å²) >= 11 is 0. The molecule has 0 radical (unpaired) electrons. The van der Waals surface area contributed by atoms with Crippen LogP contribution < -0.4 is 19.7 Å². The number of amides is 1. The van der Waals surface area contributed by atoms with Gasteiger partial charge in [0.05, 0.1) is 5.41 Å². The van der Waals surface area contributed by atoms with Crippen molar-refractivity contribution in [2.75, 3.05) is 31.2 Å². The predicted molar refractivity (Wildman–Crippen MR) is 124 cm³/mol. The lowest BCUT2D eigenvalue weighted by Gasteiger charge is -2.31. The number of rotatable bonds is 5. The number of pyridine rings is 1. The van der Waals surface area contributed by atoms with Crippen molar-refractivity contribution in [1.29, 1.82) is 0 Å². The van der Waals surface area contributed by atoms with Crippen LogP contribution in [0.25, 0.3) is 0 Å². The summed E-state index contributed by atoms with van der Waals surface area (Å²) in [6.45, 7) is 6.08. The van der Waals surface area contributed by atoms with Crippen LogP contribution in [0, 0.1) is 5.92 Å². The van der Waals surface area contributed by atoms with Gasteiger partial charge in [-0.1, -0.05) is 31.9 Å². The van der Waals surface area contributed by atoms with Crippen LogP contribution in [0.15, 0.2) is 36.5 Å². The van der Waals surface area contributed by atoms with E-state index in [0.29, 0.717) is 19.8 Å². The zero-order chi connectivity index (χ0) is 22.0. The molecule has 3 aliphatic rings. The zero-order valence-corrected chi connectivity index (χ0v) is 18.9. The highest BCUT2D eigenvalue weighted by Crippen LogP contribution is 2.44. The van der Waals surface area contributed by atoms with Gasteiger partial charge in [-0.3, -0.25) is 4.79 Å². The van der Waals surface area contributed by atoms with Crippen molar-refractivity contribution < 1.29 is 14.3 Å². The van der Waals surface area contributed by atoms with Crippen molar-refractivity contribution in [1.82, 2.24) is 10.3 Å². The number of piperidine rings is 1. The van der Waals surface area contributed by atoms with Gasteiger partial charge in [0, 0.05) is 25.8 Å². The van der Waals surface area contributed by atoms with Crippen LogP contribution in [-0.2, 0) is 16.8 Å². The van der Waals surface area contributed by atoms with E-state index in [1.807, 2.05) is 24.4 Å². The molecule has 6 nitrogen and oxygen atoms in total. The third-order valence-electron chi connectivity index (χ3n) is 7.36. The van der Waals surface area contributed by atoms with Gasteiger partial charge in [-0.25, -0.2) is 4.98 Å². The third-order valence-corrected chi connectivity index (χ3v) is 7.36. The van der Waals surface area contributed by atoms with E-state index >= 15 is 0 Å². The second-order valence-corrected chi connectivity index (χ2v) is 9.52. The molecule has 3 heterocycles. The Hall–Kier alpha value is -2.76. The average Bonchev–Trinajstić information content (AvgIpc) is 3.34. The topological polar surface area (TPSA) is 63.7 Å². The molecule has 1 aliphatic carbocycles. The van der Waals surface area contributed by atoms with Crippen LogP contribution in [0.4, 0.5) is 5.82 Å². The van der Waals surface area contributed by atoms with Crippen LogP contribution in [0.5, 0.6) is 11.5 Å². The molecule has 2 fully saturated rings. The number of nitrogens with one attached hydrogen (secondary N) is 1. The highest BCUT2D eigenvalue weighted by molar-refractivity contribution is 5.88. The second-order valence-electron chi connectivity index (χ2n) is 9.52. The molecule has 1 aromatic carbocycles. The van der Waals surface area contributed by atoms with Crippen molar-refractivity contribution in [2.24, 2.45) is 5.92 Å². The third kappa shape index (κ3) is 4.15. The largest absolute Gasteiger partial charge is 0.486 e. The van der Waals surface area contributed by atoms with Crippen molar-refractivity contribution in [3.05, 3.63) is 47.7 Å². The summed E-state index contributed by atoms with van der Waals surface area (Å²) in [7, 11) is 0. The smallest absolute Gasteiger partial charge is 0.230 e. The van der Waals surface area contributed by atoms with Gasteiger partial charge in [-0.15, -0.1) is 0 Å². The molecule has 1 N–H and O–H groups in total. The Labute approximate surface area is 190 Å². The lowest BCUT2D eigenvalue weighted by atomic mass is 9.77. The molecule has 170 valence electrons. The summed E-state index contributed by atoms with van der Waals surface area (Å²) < 4.78 is 11.4. The predicted octanol–water partition coefficient (Wildman–Crippen LogP) is 4.22. The molecule has 1 amide bonds. The Morgan fingerprint density at radius 3 is 2.56 bits per heavy atom. The molecule has 1 saturated carbocycles. The Morgan fingerprint density at radius 2 is 1.84 bits per heavy atom. The van der Waals surface area contributed by atoms with E-state index in [1.165, 1.54) is 12.8 Å². The number of carbonyl (C=O) groups excluding carboxylic acids is 1. The quantitative estimate of drug-likeness (QED) is 0.762. The van der Waals surface area contributed by atoms with Gasteiger partial charge in [-0.2, -0.15) is 0 Å². The highest BCUT2D eigenvalue weighted by Gasteiger charge is 2.43. The van der Waals surface area contributed by atoms with E-state index in [2.05, 4.69) is 34.3 Å². The first kappa shape index (κ1) is 21.1. The molecule has 0 spiro atoms. The maximum absolute atomic E-state index is 13.4. The van der Waals surface area contributed by atoms with E-state index in [1.54, 1.807) is 0 Å². The monoisotopic (exact) mass is 435 g/mol. The van der Waals surface area contributed by atoms with Crippen molar-refractivity contribution in [3.63, 3.8) is 0 Å². The van der Waals surface area contributed by atoms with Gasteiger partial charge in [0.1, 0.15) is 19.0 Å². The number of fused-ring (bicyclic) bond motifs is 1. The van der Waals surface area contributed by atoms with E-state index in [4.69, 9.17) is 9.47 Å². The zero-order valence-electron chi connectivity index (χ0n) is 18.9. The van der Waals surface area contributed by atoms with Crippen molar-refractivity contribution in [3.8, 4) is 11.5 Å². The minimum absolute atomic E-state index is 0.0979. The van der Waals surface area contributed by atoms with E-state index in [-0.39, 0.29) is 5.91 Å². The van der Waals surface area contributed by atoms with Gasteiger partial charge in [0.25, 0.3) is 0 Å². The summed E-state index contributed by atoms with van der Waals surface area (Å²) in [5.41, 5.74) is 1.57. The molecule has 6 heteroatoms. The molecule has 2 aromatic rings. The molecular formula is C26H33N3O3. The maximum Gasteiger partial charge on any atom is 0.230 e. The van der Waals surface area contributed by atoms with Gasteiger partial charge >= 0.3 is 0 Å². The summed E-state index contributed by atoms with van der Waals surface area (Å²) in [4.78, 5) is 20.5. The molecule has 1 saturated heterocycles. The van der Waals surface area contributed by atoms with E-state index < -0.39 is 5.41 Å². The first-order valence-corrected chi connectivity index (χ1v) is 12.0. The first-order chi connectivity index (χ1) is 15.6. The Morgan fingerprint density at radius 1 is 1.09 bits per heavy atom. The standard InChI is InChI=1S/C26H33N3O3/c1-19-8-12-29(13-9-19)24-7-4-20(17-27-24)18-28-25(30)26(10-2-3-11-26)21-5-6-22-23(16-21)32-15-14-31-22/h4-7,16-17,19H,2-3,8-15,18H2,1H3,(H,28,30). The molecule has 0 atom stereocenters. The molecule has 0 bridgehead atoms. The minimum atomic E-state index is -0.492. The summed E-state index contributed by atoms with van der Waals surface area (Å²) in [5, 5.41) is 3.20. The normalized spacial score (nSPS) is 20.2. The van der Waals surface area contributed by atoms with Gasteiger partial charge < -0.3 is 19.7 Å². The van der Waals surface area contributed by atoms with E-state index in [9.17, 15) is 4.79 Å². The Balaban J connectivity index is 1.26. The number of benzene rings is 1. The van der Waals surface area contributed by atoms with Gasteiger partial charge in [0.15, 0.2) is 11.5 Å². The molecule has 5 rings (SSSR count). The lowest BCUT2D eigenvalue weighted by molar-refractivity contribution is -0.126. The average molecular weight is 436 g/mol. The van der Waals surface area contributed by atoms with Crippen LogP contribution >= 0.6 is 0 Å². The fourth-order valence-electron chi connectivity index (χ4n) is 5.26.